The summed E-state index contributed by atoms with van der Waals surface area (Å²) in [5.74, 6) is 0.400. The molecule has 1 amide bonds. The quantitative estimate of drug-likeness (QED) is 0.405. The fourth-order valence-corrected chi connectivity index (χ4v) is 3.35. The number of rotatable bonds is 5. The lowest BCUT2D eigenvalue weighted by molar-refractivity contribution is 0.102. The number of nitrogens with one attached hydrogen (secondary N) is 2. The van der Waals surface area contributed by atoms with Gasteiger partial charge in [0.2, 0.25) is 0 Å². The van der Waals surface area contributed by atoms with Gasteiger partial charge in [-0.2, -0.15) is 0 Å². The van der Waals surface area contributed by atoms with Crippen LogP contribution in [0.4, 0.5) is 5.69 Å². The summed E-state index contributed by atoms with van der Waals surface area (Å²) in [5.41, 5.74) is 2.69. The average Bonchev–Trinajstić information content (AvgIpc) is 3.13. The lowest BCUT2D eigenvalue weighted by Gasteiger charge is -2.07. The summed E-state index contributed by atoms with van der Waals surface area (Å²) in [4.78, 5) is 15.7. The van der Waals surface area contributed by atoms with Gasteiger partial charge in [-0.1, -0.05) is 59.6 Å². The van der Waals surface area contributed by atoms with Crippen LogP contribution in [0.5, 0.6) is 5.75 Å². The van der Waals surface area contributed by atoms with Crippen LogP contribution in [-0.2, 0) is 6.61 Å². The van der Waals surface area contributed by atoms with Crippen molar-refractivity contribution in [3.8, 4) is 5.75 Å². The summed E-state index contributed by atoms with van der Waals surface area (Å²) in [6.45, 7) is 0.478. The third kappa shape index (κ3) is 3.98. The number of aromatic nitrogens is 1. The first-order valence-corrected chi connectivity index (χ1v) is 9.40. The van der Waals surface area contributed by atoms with Crippen LogP contribution in [0, 0.1) is 0 Å². The molecule has 28 heavy (non-hydrogen) atoms. The normalized spacial score (nSPS) is 10.8. The van der Waals surface area contributed by atoms with Crippen molar-refractivity contribution in [1.29, 1.82) is 0 Å². The highest BCUT2D eigenvalue weighted by Crippen LogP contribution is 2.30. The predicted molar refractivity (Wildman–Crippen MR) is 113 cm³/mol. The Morgan fingerprint density at radius 3 is 2.43 bits per heavy atom. The van der Waals surface area contributed by atoms with Crippen LogP contribution in [0.1, 0.15) is 16.1 Å². The van der Waals surface area contributed by atoms with E-state index in [9.17, 15) is 4.79 Å². The van der Waals surface area contributed by atoms with Crippen molar-refractivity contribution < 1.29 is 9.53 Å². The van der Waals surface area contributed by atoms with Crippen LogP contribution in [0.15, 0.2) is 72.8 Å². The smallest absolute Gasteiger partial charge is 0.272 e. The summed E-state index contributed by atoms with van der Waals surface area (Å²) in [6, 6.07) is 22.4. The Morgan fingerprint density at radius 2 is 1.68 bits per heavy atom. The van der Waals surface area contributed by atoms with Crippen LogP contribution < -0.4 is 10.1 Å². The van der Waals surface area contributed by atoms with Crippen molar-refractivity contribution in [3.63, 3.8) is 0 Å². The fraction of sp³-hybridized carbons (Fsp3) is 0.0455. The molecule has 6 heteroatoms. The third-order valence-electron chi connectivity index (χ3n) is 4.29. The van der Waals surface area contributed by atoms with Crippen LogP contribution >= 0.6 is 23.2 Å². The minimum absolute atomic E-state index is 0.321. The van der Waals surface area contributed by atoms with Crippen molar-refractivity contribution in [3.05, 3.63) is 94.1 Å². The molecule has 1 heterocycles. The topological polar surface area (TPSA) is 54.1 Å². The van der Waals surface area contributed by atoms with Gasteiger partial charge in [0.1, 0.15) is 18.1 Å². The van der Waals surface area contributed by atoms with Gasteiger partial charge in [-0.05, 0) is 35.9 Å². The number of amides is 1. The molecule has 0 bridgehead atoms. The van der Waals surface area contributed by atoms with Gasteiger partial charge in [0, 0.05) is 17.0 Å². The highest BCUT2D eigenvalue weighted by atomic mass is 35.5. The molecule has 4 nitrogen and oxygen atoms in total. The van der Waals surface area contributed by atoms with Crippen LogP contribution in [-0.4, -0.2) is 10.9 Å². The molecule has 0 aliphatic carbocycles. The van der Waals surface area contributed by atoms with Gasteiger partial charge in [-0.3, -0.25) is 4.79 Å². The third-order valence-corrected chi connectivity index (χ3v) is 4.92. The number of benzene rings is 3. The van der Waals surface area contributed by atoms with Crippen molar-refractivity contribution in [1.82, 2.24) is 4.98 Å². The van der Waals surface area contributed by atoms with E-state index in [0.717, 1.165) is 22.2 Å². The summed E-state index contributed by atoms with van der Waals surface area (Å²) < 4.78 is 5.84. The molecule has 0 aliphatic rings. The van der Waals surface area contributed by atoms with E-state index in [1.165, 1.54) is 0 Å². The van der Waals surface area contributed by atoms with Crippen molar-refractivity contribution >= 4 is 45.7 Å². The Balaban J connectivity index is 1.52. The first-order valence-electron chi connectivity index (χ1n) is 8.65. The lowest BCUT2D eigenvalue weighted by Crippen LogP contribution is -2.12. The second-order valence-corrected chi connectivity index (χ2v) is 7.07. The van der Waals surface area contributed by atoms with Crippen molar-refractivity contribution in [2.75, 3.05) is 5.32 Å². The molecule has 3 aromatic carbocycles. The zero-order chi connectivity index (χ0) is 19.5. The van der Waals surface area contributed by atoms with E-state index in [4.69, 9.17) is 27.9 Å². The van der Waals surface area contributed by atoms with E-state index in [1.807, 2.05) is 48.5 Å². The number of aromatic amines is 1. The monoisotopic (exact) mass is 410 g/mol. The van der Waals surface area contributed by atoms with E-state index >= 15 is 0 Å². The van der Waals surface area contributed by atoms with Gasteiger partial charge in [0.25, 0.3) is 5.91 Å². The standard InChI is InChI=1S/C22H16Cl2N2O2/c23-17-7-4-8-18(24)21(17)26-22(27)20-11-15-9-10-16(12-19(15)25-20)28-13-14-5-2-1-3-6-14/h1-12,25H,13H2,(H,26,27). The van der Waals surface area contributed by atoms with E-state index in [1.54, 1.807) is 24.3 Å². The molecule has 4 aromatic rings. The number of anilines is 1. The maximum absolute atomic E-state index is 12.6. The number of halogens is 2. The van der Waals surface area contributed by atoms with Gasteiger partial charge >= 0.3 is 0 Å². The van der Waals surface area contributed by atoms with E-state index in [-0.39, 0.29) is 5.91 Å². The Hall–Kier alpha value is -2.95. The van der Waals surface area contributed by atoms with Crippen LogP contribution in [0.2, 0.25) is 10.0 Å². The number of para-hydroxylation sites is 1. The Kier molecular flexibility index (Phi) is 5.24. The first-order chi connectivity index (χ1) is 13.6. The Labute approximate surface area is 172 Å². The zero-order valence-corrected chi connectivity index (χ0v) is 16.2. The van der Waals surface area contributed by atoms with E-state index < -0.39 is 0 Å². The zero-order valence-electron chi connectivity index (χ0n) is 14.7. The molecule has 2 N–H and O–H groups in total. The van der Waals surface area contributed by atoms with Gasteiger partial charge in [0.05, 0.1) is 15.7 Å². The maximum atomic E-state index is 12.6. The number of fused-ring (bicyclic) bond motifs is 1. The highest BCUT2D eigenvalue weighted by Gasteiger charge is 2.14. The second kappa shape index (κ2) is 7.97. The first kappa shape index (κ1) is 18.4. The molecular weight excluding hydrogens is 395 g/mol. The molecule has 140 valence electrons. The molecule has 0 saturated carbocycles. The molecule has 0 radical (unpaired) electrons. The SMILES string of the molecule is O=C(Nc1c(Cl)cccc1Cl)c1cc2ccc(OCc3ccccc3)cc2[nH]1. The molecular formula is C22H16Cl2N2O2. The van der Waals surface area contributed by atoms with Crippen LogP contribution in [0.3, 0.4) is 0 Å². The van der Waals surface area contributed by atoms with Gasteiger partial charge in [-0.15, -0.1) is 0 Å². The average molecular weight is 411 g/mol. The Bertz CT molecular complexity index is 1120. The molecule has 0 unspecified atom stereocenters. The minimum atomic E-state index is -0.321. The number of carbonyl (C=O) groups excluding carboxylic acids is 1. The highest BCUT2D eigenvalue weighted by molar-refractivity contribution is 6.40. The van der Waals surface area contributed by atoms with Crippen LogP contribution in [0.25, 0.3) is 10.9 Å². The van der Waals surface area contributed by atoms with Crippen molar-refractivity contribution in [2.24, 2.45) is 0 Å². The summed E-state index contributed by atoms with van der Waals surface area (Å²) in [5, 5.41) is 4.42. The minimum Gasteiger partial charge on any atom is -0.489 e. The molecule has 0 atom stereocenters. The Morgan fingerprint density at radius 1 is 0.929 bits per heavy atom. The molecule has 0 saturated heterocycles. The molecule has 1 aromatic heterocycles. The summed E-state index contributed by atoms with van der Waals surface area (Å²) in [6.07, 6.45) is 0. The number of hydrogen-bond donors (Lipinski definition) is 2. The number of carbonyl (C=O) groups is 1. The molecule has 0 aliphatic heterocycles. The number of ether oxygens (including phenoxy) is 1. The van der Waals surface area contributed by atoms with Gasteiger partial charge < -0.3 is 15.0 Å². The predicted octanol–water partition coefficient (Wildman–Crippen LogP) is 6.31. The van der Waals surface area contributed by atoms with Gasteiger partial charge in [-0.25, -0.2) is 0 Å². The second-order valence-electron chi connectivity index (χ2n) is 6.26. The van der Waals surface area contributed by atoms with Gasteiger partial charge in [0.15, 0.2) is 0 Å². The van der Waals surface area contributed by atoms with Crippen molar-refractivity contribution in [2.45, 2.75) is 6.61 Å². The number of H-pyrrole nitrogens is 1. The maximum Gasteiger partial charge on any atom is 0.272 e. The lowest BCUT2D eigenvalue weighted by atomic mass is 10.2. The largest absolute Gasteiger partial charge is 0.489 e. The summed E-state index contributed by atoms with van der Waals surface area (Å²) in [7, 11) is 0. The molecule has 4 rings (SSSR count). The number of hydrogen-bond acceptors (Lipinski definition) is 2. The fourth-order valence-electron chi connectivity index (χ4n) is 2.86. The molecule has 0 spiro atoms. The molecule has 0 fully saturated rings. The summed E-state index contributed by atoms with van der Waals surface area (Å²) >= 11 is 12.2. The van der Waals surface area contributed by atoms with E-state index in [0.29, 0.717) is 28.0 Å². The van der Waals surface area contributed by atoms with E-state index in [2.05, 4.69) is 10.3 Å².